The first kappa shape index (κ1) is 15.9. The molecule has 7 heteroatoms. The van der Waals surface area contributed by atoms with Gasteiger partial charge in [-0.1, -0.05) is 23.2 Å². The number of carbonyl (C=O) groups is 1. The number of nitrogens with one attached hydrogen (secondary N) is 2. The molecule has 0 aliphatic carbocycles. The number of anilines is 2. The zero-order valence-electron chi connectivity index (χ0n) is 11.3. The van der Waals surface area contributed by atoms with Crippen molar-refractivity contribution in [3.63, 3.8) is 0 Å². The van der Waals surface area contributed by atoms with Crippen LogP contribution in [0.3, 0.4) is 0 Å². The summed E-state index contributed by atoms with van der Waals surface area (Å²) in [5, 5.41) is 6.53. The van der Waals surface area contributed by atoms with E-state index in [2.05, 4.69) is 15.6 Å². The van der Waals surface area contributed by atoms with Crippen molar-refractivity contribution in [2.75, 3.05) is 36.9 Å². The van der Waals surface area contributed by atoms with E-state index in [-0.39, 0.29) is 12.5 Å². The predicted molar refractivity (Wildman–Crippen MR) is 80.4 cm³/mol. The van der Waals surface area contributed by atoms with Gasteiger partial charge in [0.1, 0.15) is 11.6 Å². The summed E-state index contributed by atoms with van der Waals surface area (Å²) in [5.41, 5.74) is 0. The third kappa shape index (κ3) is 4.14. The predicted octanol–water partition coefficient (Wildman–Crippen LogP) is 2.39. The Morgan fingerprint density at radius 1 is 1.37 bits per heavy atom. The van der Waals surface area contributed by atoms with Crippen LogP contribution in [0.25, 0.3) is 0 Å². The highest BCUT2D eigenvalue weighted by Gasteiger charge is 2.16. The van der Waals surface area contributed by atoms with Gasteiger partial charge in [-0.2, -0.15) is 0 Å². The van der Waals surface area contributed by atoms with E-state index in [4.69, 9.17) is 23.2 Å². The lowest BCUT2D eigenvalue weighted by Gasteiger charge is -2.23. The second-order valence-electron chi connectivity index (χ2n) is 3.84. The molecular weight excluding hydrogens is 287 g/mol. The minimum absolute atomic E-state index is 0.0975. The number of nitrogens with zero attached hydrogens (tertiary/aromatic N) is 2. The zero-order chi connectivity index (χ0) is 14.4. The van der Waals surface area contributed by atoms with E-state index in [9.17, 15) is 4.79 Å². The van der Waals surface area contributed by atoms with E-state index >= 15 is 0 Å². The van der Waals surface area contributed by atoms with Crippen molar-refractivity contribution in [2.24, 2.45) is 0 Å². The second-order valence-corrected chi connectivity index (χ2v) is 4.66. The molecule has 0 aromatic carbocycles. The van der Waals surface area contributed by atoms with Gasteiger partial charge in [-0.3, -0.25) is 4.79 Å². The SMILES string of the molecule is CCNc1nc(N(CC)CC(=O)NC)c(Cl)cc1Cl. The van der Waals surface area contributed by atoms with E-state index in [0.717, 1.165) is 0 Å². The summed E-state index contributed by atoms with van der Waals surface area (Å²) in [4.78, 5) is 17.7. The van der Waals surface area contributed by atoms with Gasteiger partial charge in [0.25, 0.3) is 0 Å². The summed E-state index contributed by atoms with van der Waals surface area (Å²) in [5.74, 6) is 1.02. The summed E-state index contributed by atoms with van der Waals surface area (Å²) >= 11 is 12.2. The van der Waals surface area contributed by atoms with Crippen LogP contribution in [-0.4, -0.2) is 37.6 Å². The first-order valence-corrected chi connectivity index (χ1v) is 6.84. The van der Waals surface area contributed by atoms with Crippen LogP contribution in [-0.2, 0) is 4.79 Å². The number of pyridine rings is 1. The van der Waals surface area contributed by atoms with Crippen molar-refractivity contribution in [3.8, 4) is 0 Å². The molecule has 1 amide bonds. The van der Waals surface area contributed by atoms with Crippen molar-refractivity contribution in [1.82, 2.24) is 10.3 Å². The molecule has 1 heterocycles. The number of hydrogen-bond acceptors (Lipinski definition) is 4. The van der Waals surface area contributed by atoms with Crippen LogP contribution in [0.15, 0.2) is 6.07 Å². The number of amides is 1. The van der Waals surface area contributed by atoms with Gasteiger partial charge in [-0.15, -0.1) is 0 Å². The van der Waals surface area contributed by atoms with Gasteiger partial charge in [0.2, 0.25) is 5.91 Å². The number of hydrogen-bond donors (Lipinski definition) is 2. The minimum atomic E-state index is -0.0975. The molecule has 2 N–H and O–H groups in total. The average Bonchev–Trinajstić information content (AvgIpc) is 2.39. The van der Waals surface area contributed by atoms with Gasteiger partial charge in [-0.05, 0) is 19.9 Å². The monoisotopic (exact) mass is 304 g/mol. The molecule has 0 spiro atoms. The maximum Gasteiger partial charge on any atom is 0.239 e. The van der Waals surface area contributed by atoms with Crippen molar-refractivity contribution >= 4 is 40.7 Å². The fourth-order valence-electron chi connectivity index (χ4n) is 1.56. The molecule has 1 aromatic heterocycles. The van der Waals surface area contributed by atoms with Crippen molar-refractivity contribution in [2.45, 2.75) is 13.8 Å². The molecule has 0 bridgehead atoms. The van der Waals surface area contributed by atoms with Gasteiger partial charge in [0.15, 0.2) is 0 Å². The van der Waals surface area contributed by atoms with Gasteiger partial charge in [0, 0.05) is 20.1 Å². The van der Waals surface area contributed by atoms with Crippen molar-refractivity contribution in [3.05, 3.63) is 16.1 Å². The topological polar surface area (TPSA) is 57.3 Å². The van der Waals surface area contributed by atoms with Crippen LogP contribution in [0.2, 0.25) is 10.0 Å². The number of carbonyl (C=O) groups excluding carboxylic acids is 1. The second kappa shape index (κ2) is 7.40. The highest BCUT2D eigenvalue weighted by atomic mass is 35.5. The highest BCUT2D eigenvalue weighted by Crippen LogP contribution is 2.31. The van der Waals surface area contributed by atoms with E-state index in [1.807, 2.05) is 13.8 Å². The minimum Gasteiger partial charge on any atom is -0.369 e. The molecule has 0 fully saturated rings. The third-order valence-electron chi connectivity index (χ3n) is 2.55. The molecule has 1 rings (SSSR count). The summed E-state index contributed by atoms with van der Waals surface area (Å²) in [6.45, 7) is 5.41. The Labute approximate surface area is 123 Å². The average molecular weight is 305 g/mol. The van der Waals surface area contributed by atoms with E-state index < -0.39 is 0 Å². The molecule has 0 radical (unpaired) electrons. The Morgan fingerprint density at radius 2 is 2.05 bits per heavy atom. The highest BCUT2D eigenvalue weighted by molar-refractivity contribution is 6.37. The van der Waals surface area contributed by atoms with E-state index in [1.165, 1.54) is 0 Å². The lowest BCUT2D eigenvalue weighted by atomic mass is 10.3. The molecule has 0 saturated heterocycles. The lowest BCUT2D eigenvalue weighted by molar-refractivity contribution is -0.119. The Bertz CT molecular complexity index is 454. The third-order valence-corrected chi connectivity index (χ3v) is 3.12. The maximum atomic E-state index is 11.5. The van der Waals surface area contributed by atoms with Crippen LogP contribution in [0, 0.1) is 0 Å². The van der Waals surface area contributed by atoms with Gasteiger partial charge < -0.3 is 15.5 Å². The molecule has 0 saturated carbocycles. The first-order chi connectivity index (χ1) is 9.03. The van der Waals surface area contributed by atoms with Crippen molar-refractivity contribution < 1.29 is 4.79 Å². The molecule has 19 heavy (non-hydrogen) atoms. The van der Waals surface area contributed by atoms with Gasteiger partial charge >= 0.3 is 0 Å². The largest absolute Gasteiger partial charge is 0.369 e. The number of halogens is 2. The summed E-state index contributed by atoms with van der Waals surface area (Å²) in [6, 6.07) is 1.63. The van der Waals surface area contributed by atoms with Crippen LogP contribution in [0.5, 0.6) is 0 Å². The molecule has 0 atom stereocenters. The molecule has 106 valence electrons. The van der Waals surface area contributed by atoms with E-state index in [1.54, 1.807) is 18.0 Å². The smallest absolute Gasteiger partial charge is 0.239 e. The number of rotatable bonds is 6. The Balaban J connectivity index is 3.08. The Kier molecular flexibility index (Phi) is 6.18. The van der Waals surface area contributed by atoms with Crippen LogP contribution in [0.1, 0.15) is 13.8 Å². The molecular formula is C12H18Cl2N4O. The van der Waals surface area contributed by atoms with Gasteiger partial charge in [-0.25, -0.2) is 4.98 Å². The van der Waals surface area contributed by atoms with E-state index in [0.29, 0.717) is 34.8 Å². The molecule has 0 aliphatic heterocycles. The van der Waals surface area contributed by atoms with Crippen LogP contribution >= 0.6 is 23.2 Å². The number of likely N-dealkylation sites (N-methyl/N-ethyl adjacent to an activating group) is 2. The fraction of sp³-hybridized carbons (Fsp3) is 0.500. The van der Waals surface area contributed by atoms with Gasteiger partial charge in [0.05, 0.1) is 16.6 Å². The molecule has 5 nitrogen and oxygen atoms in total. The lowest BCUT2D eigenvalue weighted by Crippen LogP contribution is -2.36. The Morgan fingerprint density at radius 3 is 2.58 bits per heavy atom. The quantitative estimate of drug-likeness (QED) is 0.847. The maximum absolute atomic E-state index is 11.5. The zero-order valence-corrected chi connectivity index (χ0v) is 12.8. The molecule has 1 aromatic rings. The van der Waals surface area contributed by atoms with Crippen LogP contribution < -0.4 is 15.5 Å². The van der Waals surface area contributed by atoms with Crippen LogP contribution in [0.4, 0.5) is 11.6 Å². The fourth-order valence-corrected chi connectivity index (χ4v) is 2.10. The summed E-state index contributed by atoms with van der Waals surface area (Å²) < 4.78 is 0. The van der Waals surface area contributed by atoms with Crippen molar-refractivity contribution in [1.29, 1.82) is 0 Å². The number of aromatic nitrogens is 1. The summed E-state index contributed by atoms with van der Waals surface area (Å²) in [7, 11) is 1.59. The first-order valence-electron chi connectivity index (χ1n) is 6.08. The standard InChI is InChI=1S/C12H18Cl2N4O/c1-4-16-11-8(13)6-9(14)12(17-11)18(5-2)7-10(19)15-3/h6H,4-5,7H2,1-3H3,(H,15,19)(H,16,17). The Hall–Kier alpha value is -1.20. The normalized spacial score (nSPS) is 10.2. The molecule has 0 aliphatic rings. The molecule has 0 unspecified atom stereocenters. The summed E-state index contributed by atoms with van der Waals surface area (Å²) in [6.07, 6.45) is 0.